The van der Waals surface area contributed by atoms with E-state index in [4.69, 9.17) is 11.6 Å². The first-order valence-corrected chi connectivity index (χ1v) is 9.87. The molecule has 4 nitrogen and oxygen atoms in total. The molecule has 0 bridgehead atoms. The predicted octanol–water partition coefficient (Wildman–Crippen LogP) is 5.86. The van der Waals surface area contributed by atoms with E-state index in [1.54, 1.807) is 0 Å². The van der Waals surface area contributed by atoms with Crippen molar-refractivity contribution >= 4 is 35.0 Å². The maximum Gasteiger partial charge on any atom is 0.280 e. The summed E-state index contributed by atoms with van der Waals surface area (Å²) in [6.07, 6.45) is 1.93. The quantitative estimate of drug-likeness (QED) is 0.504. The molecule has 5 heteroatoms. The monoisotopic (exact) mass is 403 g/mol. The first-order chi connectivity index (χ1) is 13.9. The maximum atomic E-state index is 13.0. The molecule has 1 aliphatic heterocycles. The molecule has 0 saturated heterocycles. The fourth-order valence-electron chi connectivity index (χ4n) is 3.73. The first-order valence-electron chi connectivity index (χ1n) is 9.49. The Morgan fingerprint density at radius 2 is 1.69 bits per heavy atom. The number of hydrazone groups is 1. The number of anilines is 1. The van der Waals surface area contributed by atoms with Crippen LogP contribution in [0.2, 0.25) is 5.02 Å². The number of para-hydroxylation sites is 1. The van der Waals surface area contributed by atoms with Crippen LogP contribution in [0.25, 0.3) is 11.8 Å². The Morgan fingerprint density at radius 3 is 2.41 bits per heavy atom. The third-order valence-electron chi connectivity index (χ3n) is 5.31. The van der Waals surface area contributed by atoms with Gasteiger partial charge in [-0.05, 0) is 75.2 Å². The zero-order valence-electron chi connectivity index (χ0n) is 16.9. The second kappa shape index (κ2) is 7.37. The summed E-state index contributed by atoms with van der Waals surface area (Å²) >= 11 is 6.33. The molecule has 1 aromatic heterocycles. The molecule has 29 heavy (non-hydrogen) atoms. The molecule has 2 aromatic carbocycles. The molecule has 0 aliphatic carbocycles. The van der Waals surface area contributed by atoms with Crippen LogP contribution in [0.5, 0.6) is 0 Å². The van der Waals surface area contributed by atoms with Gasteiger partial charge in [-0.1, -0.05) is 35.9 Å². The number of carbonyl (C=O) groups excluding carboxylic acids is 1. The Bertz CT molecular complexity index is 1170. The van der Waals surface area contributed by atoms with E-state index in [2.05, 4.69) is 35.6 Å². The van der Waals surface area contributed by atoms with E-state index in [-0.39, 0.29) is 5.91 Å². The molecule has 146 valence electrons. The molecule has 0 N–H and O–H groups in total. The minimum Gasteiger partial charge on any atom is -0.318 e. The van der Waals surface area contributed by atoms with Crippen LogP contribution in [0, 0.1) is 20.8 Å². The number of carbonyl (C=O) groups is 1. The summed E-state index contributed by atoms with van der Waals surface area (Å²) < 4.78 is 2.18. The van der Waals surface area contributed by atoms with Gasteiger partial charge in [0.1, 0.15) is 0 Å². The van der Waals surface area contributed by atoms with Gasteiger partial charge < -0.3 is 4.57 Å². The van der Waals surface area contributed by atoms with E-state index < -0.39 is 0 Å². The zero-order valence-corrected chi connectivity index (χ0v) is 17.7. The standard InChI is InChI=1S/C24H22ClN3O/c1-15-13-19(18(4)27(15)23-12-8-11-22(25)16(23)2)14-21-17(3)26-28(24(21)29)20-9-6-5-7-10-20/h5-14H,1-4H3/b21-14+. The molecular weight excluding hydrogens is 382 g/mol. The number of halogens is 1. The smallest absolute Gasteiger partial charge is 0.280 e. The lowest BCUT2D eigenvalue weighted by molar-refractivity contribution is -0.114. The number of aryl methyl sites for hydroxylation is 1. The number of aromatic nitrogens is 1. The van der Waals surface area contributed by atoms with Gasteiger partial charge in [-0.3, -0.25) is 4.79 Å². The third-order valence-corrected chi connectivity index (χ3v) is 5.72. The highest BCUT2D eigenvalue weighted by Crippen LogP contribution is 2.30. The van der Waals surface area contributed by atoms with Crippen molar-refractivity contribution in [2.45, 2.75) is 27.7 Å². The van der Waals surface area contributed by atoms with Crippen molar-refractivity contribution in [3.05, 3.63) is 87.7 Å². The topological polar surface area (TPSA) is 37.6 Å². The van der Waals surface area contributed by atoms with Gasteiger partial charge in [0.05, 0.1) is 17.0 Å². The lowest BCUT2D eigenvalue weighted by Gasteiger charge is -2.14. The highest BCUT2D eigenvalue weighted by Gasteiger charge is 2.29. The third kappa shape index (κ3) is 3.30. The van der Waals surface area contributed by atoms with Gasteiger partial charge in [-0.15, -0.1) is 0 Å². The molecule has 0 spiro atoms. The average Bonchev–Trinajstić information content (AvgIpc) is 3.15. The average molecular weight is 404 g/mol. The molecule has 0 fully saturated rings. The van der Waals surface area contributed by atoms with E-state index in [9.17, 15) is 4.79 Å². The summed E-state index contributed by atoms with van der Waals surface area (Å²) in [5.41, 5.74) is 7.29. The van der Waals surface area contributed by atoms with Gasteiger partial charge in [-0.2, -0.15) is 10.1 Å². The van der Waals surface area contributed by atoms with Crippen molar-refractivity contribution in [2.75, 3.05) is 5.01 Å². The van der Waals surface area contributed by atoms with Crippen LogP contribution in [-0.2, 0) is 4.79 Å². The highest BCUT2D eigenvalue weighted by molar-refractivity contribution is 6.32. The van der Waals surface area contributed by atoms with Crippen molar-refractivity contribution in [3.8, 4) is 5.69 Å². The van der Waals surface area contributed by atoms with E-state index in [1.807, 2.05) is 62.4 Å². The fourth-order valence-corrected chi connectivity index (χ4v) is 3.90. The summed E-state index contributed by atoms with van der Waals surface area (Å²) in [5, 5.41) is 6.67. The Kier molecular flexibility index (Phi) is 4.89. The first kappa shape index (κ1) is 19.2. The highest BCUT2D eigenvalue weighted by atomic mass is 35.5. The molecule has 1 amide bonds. The minimum absolute atomic E-state index is 0.113. The molecule has 0 saturated carbocycles. The normalized spacial score (nSPS) is 15.3. The van der Waals surface area contributed by atoms with Crippen LogP contribution < -0.4 is 5.01 Å². The van der Waals surface area contributed by atoms with Crippen molar-refractivity contribution in [3.63, 3.8) is 0 Å². The van der Waals surface area contributed by atoms with E-state index >= 15 is 0 Å². The number of benzene rings is 2. The SMILES string of the molecule is CC1=NN(c2ccccc2)C(=O)/C1=C/c1cc(C)n(-c2cccc(Cl)c2C)c1C. The van der Waals surface area contributed by atoms with E-state index in [1.165, 1.54) is 5.01 Å². The van der Waals surface area contributed by atoms with Gasteiger partial charge in [0.2, 0.25) is 0 Å². The van der Waals surface area contributed by atoms with Gasteiger partial charge in [0.15, 0.2) is 0 Å². The number of amides is 1. The van der Waals surface area contributed by atoms with E-state index in [0.717, 1.165) is 38.9 Å². The molecule has 0 radical (unpaired) electrons. The second-order valence-corrected chi connectivity index (χ2v) is 7.65. The van der Waals surface area contributed by atoms with Crippen molar-refractivity contribution in [1.29, 1.82) is 0 Å². The molecule has 0 atom stereocenters. The van der Waals surface area contributed by atoms with Crippen molar-refractivity contribution < 1.29 is 4.79 Å². The van der Waals surface area contributed by atoms with Crippen molar-refractivity contribution in [2.24, 2.45) is 5.10 Å². The summed E-state index contributed by atoms with van der Waals surface area (Å²) in [5.74, 6) is -0.113. The van der Waals surface area contributed by atoms with Gasteiger partial charge >= 0.3 is 0 Å². The Labute approximate surface area is 175 Å². The second-order valence-electron chi connectivity index (χ2n) is 7.24. The summed E-state index contributed by atoms with van der Waals surface area (Å²) in [7, 11) is 0. The Morgan fingerprint density at radius 1 is 0.966 bits per heavy atom. The number of hydrogen-bond acceptors (Lipinski definition) is 2. The predicted molar refractivity (Wildman–Crippen MR) is 120 cm³/mol. The van der Waals surface area contributed by atoms with Crippen LogP contribution in [0.15, 0.2) is 65.3 Å². The number of hydrogen-bond donors (Lipinski definition) is 0. The fraction of sp³-hybridized carbons (Fsp3) is 0.167. The van der Waals surface area contributed by atoms with Gasteiger partial charge in [-0.25, -0.2) is 0 Å². The molecular formula is C24H22ClN3O. The Balaban J connectivity index is 1.76. The van der Waals surface area contributed by atoms with Crippen molar-refractivity contribution in [1.82, 2.24) is 4.57 Å². The van der Waals surface area contributed by atoms with Gasteiger partial charge in [0, 0.05) is 22.1 Å². The molecule has 2 heterocycles. The minimum atomic E-state index is -0.113. The summed E-state index contributed by atoms with van der Waals surface area (Å²) in [4.78, 5) is 13.0. The number of nitrogens with zero attached hydrogens (tertiary/aromatic N) is 3. The lowest BCUT2D eigenvalue weighted by atomic mass is 10.1. The Hall–Kier alpha value is -3.11. The summed E-state index contributed by atoms with van der Waals surface area (Å²) in [6.45, 7) is 8.00. The van der Waals surface area contributed by atoms with Crippen LogP contribution in [0.1, 0.15) is 29.4 Å². The molecule has 4 rings (SSSR count). The largest absolute Gasteiger partial charge is 0.318 e. The summed E-state index contributed by atoms with van der Waals surface area (Å²) in [6, 6.07) is 17.5. The van der Waals surface area contributed by atoms with Crippen LogP contribution in [0.3, 0.4) is 0 Å². The van der Waals surface area contributed by atoms with Crippen LogP contribution in [0.4, 0.5) is 5.69 Å². The molecule has 3 aromatic rings. The lowest BCUT2D eigenvalue weighted by Crippen LogP contribution is -2.21. The molecule has 1 aliphatic rings. The van der Waals surface area contributed by atoms with Crippen LogP contribution >= 0.6 is 11.6 Å². The number of rotatable bonds is 3. The maximum absolute atomic E-state index is 13.0. The van der Waals surface area contributed by atoms with Gasteiger partial charge in [0.25, 0.3) is 5.91 Å². The van der Waals surface area contributed by atoms with Crippen LogP contribution in [-0.4, -0.2) is 16.2 Å². The molecule has 0 unspecified atom stereocenters. The van der Waals surface area contributed by atoms with E-state index in [0.29, 0.717) is 11.3 Å². The zero-order chi connectivity index (χ0) is 20.7.